The topological polar surface area (TPSA) is 30.5 Å². The molecule has 0 bridgehead atoms. The lowest BCUT2D eigenvalue weighted by molar-refractivity contribution is 0.0768. The standard InChI is InChI=1S/C12H17NO2/c1-14-8-10-3-2-4-11(7-10)12-9-15-6-5-13-12/h2-4,7,12-13H,5-6,8-9H2,1H3. The first-order valence-electron chi connectivity index (χ1n) is 5.29. The van der Waals surface area contributed by atoms with Crippen LogP contribution in [0.2, 0.25) is 0 Å². The second kappa shape index (κ2) is 5.26. The lowest BCUT2D eigenvalue weighted by atomic mass is 10.0. The van der Waals surface area contributed by atoms with Gasteiger partial charge in [-0.2, -0.15) is 0 Å². The normalized spacial score (nSPS) is 21.5. The maximum Gasteiger partial charge on any atom is 0.0713 e. The molecule has 1 atom stereocenters. The first kappa shape index (κ1) is 10.6. The Morgan fingerprint density at radius 2 is 2.47 bits per heavy atom. The van der Waals surface area contributed by atoms with E-state index in [4.69, 9.17) is 9.47 Å². The Hall–Kier alpha value is -0.900. The molecule has 0 saturated carbocycles. The molecule has 0 radical (unpaired) electrons. The Bertz CT molecular complexity index is 308. The molecule has 1 saturated heterocycles. The summed E-state index contributed by atoms with van der Waals surface area (Å²) in [4.78, 5) is 0. The van der Waals surface area contributed by atoms with Gasteiger partial charge in [-0.1, -0.05) is 24.3 Å². The van der Waals surface area contributed by atoms with E-state index in [-0.39, 0.29) is 0 Å². The van der Waals surface area contributed by atoms with Gasteiger partial charge in [0.15, 0.2) is 0 Å². The molecule has 0 aliphatic carbocycles. The fourth-order valence-corrected chi connectivity index (χ4v) is 1.85. The molecule has 3 nitrogen and oxygen atoms in total. The van der Waals surface area contributed by atoms with Crippen LogP contribution in [0.25, 0.3) is 0 Å². The molecule has 15 heavy (non-hydrogen) atoms. The van der Waals surface area contributed by atoms with Gasteiger partial charge in [0.1, 0.15) is 0 Å². The fourth-order valence-electron chi connectivity index (χ4n) is 1.85. The van der Waals surface area contributed by atoms with Crippen molar-refractivity contribution < 1.29 is 9.47 Å². The fraction of sp³-hybridized carbons (Fsp3) is 0.500. The average molecular weight is 207 g/mol. The summed E-state index contributed by atoms with van der Waals surface area (Å²) in [6, 6.07) is 8.79. The Labute approximate surface area is 90.4 Å². The van der Waals surface area contributed by atoms with E-state index in [1.54, 1.807) is 7.11 Å². The van der Waals surface area contributed by atoms with Gasteiger partial charge in [0.25, 0.3) is 0 Å². The minimum Gasteiger partial charge on any atom is -0.380 e. The van der Waals surface area contributed by atoms with Crippen molar-refractivity contribution in [1.29, 1.82) is 0 Å². The number of hydrogen-bond acceptors (Lipinski definition) is 3. The highest BCUT2D eigenvalue weighted by Crippen LogP contribution is 2.17. The van der Waals surface area contributed by atoms with Gasteiger partial charge in [-0.3, -0.25) is 0 Å². The average Bonchev–Trinajstić information content (AvgIpc) is 2.31. The smallest absolute Gasteiger partial charge is 0.0713 e. The molecule has 0 aromatic heterocycles. The number of ether oxygens (including phenoxy) is 2. The van der Waals surface area contributed by atoms with Gasteiger partial charge in [-0.05, 0) is 11.1 Å². The summed E-state index contributed by atoms with van der Waals surface area (Å²) in [5.41, 5.74) is 2.49. The number of nitrogens with one attached hydrogen (secondary N) is 1. The molecular weight excluding hydrogens is 190 g/mol. The molecule has 0 amide bonds. The third-order valence-electron chi connectivity index (χ3n) is 2.59. The zero-order valence-electron chi connectivity index (χ0n) is 9.03. The maximum absolute atomic E-state index is 5.44. The first-order valence-corrected chi connectivity index (χ1v) is 5.29. The van der Waals surface area contributed by atoms with E-state index < -0.39 is 0 Å². The lowest BCUT2D eigenvalue weighted by Gasteiger charge is -2.24. The first-order chi connectivity index (χ1) is 7.40. The van der Waals surface area contributed by atoms with E-state index in [1.165, 1.54) is 11.1 Å². The van der Waals surface area contributed by atoms with E-state index in [2.05, 4.69) is 29.6 Å². The van der Waals surface area contributed by atoms with Gasteiger partial charge < -0.3 is 14.8 Å². The van der Waals surface area contributed by atoms with Crippen LogP contribution in [0.3, 0.4) is 0 Å². The van der Waals surface area contributed by atoms with E-state index in [0.29, 0.717) is 12.6 Å². The summed E-state index contributed by atoms with van der Waals surface area (Å²) in [6.45, 7) is 3.17. The predicted molar refractivity (Wildman–Crippen MR) is 58.7 cm³/mol. The van der Waals surface area contributed by atoms with Gasteiger partial charge in [0, 0.05) is 13.7 Å². The highest BCUT2D eigenvalue weighted by molar-refractivity contribution is 5.26. The van der Waals surface area contributed by atoms with Crippen molar-refractivity contribution in [3.8, 4) is 0 Å². The zero-order valence-corrected chi connectivity index (χ0v) is 9.03. The summed E-state index contributed by atoms with van der Waals surface area (Å²) in [5.74, 6) is 0. The van der Waals surface area contributed by atoms with Crippen LogP contribution >= 0.6 is 0 Å². The molecule has 0 spiro atoms. The van der Waals surface area contributed by atoms with Gasteiger partial charge in [0.2, 0.25) is 0 Å². The Kier molecular flexibility index (Phi) is 3.72. The minimum absolute atomic E-state index is 0.329. The molecule has 3 heteroatoms. The molecule has 82 valence electrons. The molecule has 1 unspecified atom stereocenters. The largest absolute Gasteiger partial charge is 0.380 e. The Morgan fingerprint density at radius 1 is 1.53 bits per heavy atom. The van der Waals surface area contributed by atoms with E-state index in [1.807, 2.05) is 0 Å². The van der Waals surface area contributed by atoms with Crippen LogP contribution in [0.15, 0.2) is 24.3 Å². The van der Waals surface area contributed by atoms with Crippen LogP contribution in [0.1, 0.15) is 17.2 Å². The quantitative estimate of drug-likeness (QED) is 0.814. The third-order valence-corrected chi connectivity index (χ3v) is 2.59. The summed E-state index contributed by atoms with van der Waals surface area (Å²) < 4.78 is 10.6. The number of hydrogen-bond donors (Lipinski definition) is 1. The molecule has 1 fully saturated rings. The van der Waals surface area contributed by atoms with Crippen LogP contribution in [0, 0.1) is 0 Å². The van der Waals surface area contributed by atoms with Crippen molar-refractivity contribution in [3.05, 3.63) is 35.4 Å². The predicted octanol–water partition coefficient (Wildman–Crippen LogP) is 1.49. The zero-order chi connectivity index (χ0) is 10.5. The van der Waals surface area contributed by atoms with Crippen molar-refractivity contribution in [2.24, 2.45) is 0 Å². The summed E-state index contributed by atoms with van der Waals surface area (Å²) in [5, 5.41) is 3.44. The van der Waals surface area contributed by atoms with Crippen molar-refractivity contribution in [2.45, 2.75) is 12.6 Å². The maximum atomic E-state index is 5.44. The number of morpholine rings is 1. The highest BCUT2D eigenvalue weighted by Gasteiger charge is 2.14. The van der Waals surface area contributed by atoms with Crippen molar-refractivity contribution in [3.63, 3.8) is 0 Å². The molecule has 1 aromatic carbocycles. The minimum atomic E-state index is 0.329. The van der Waals surface area contributed by atoms with Gasteiger partial charge in [-0.25, -0.2) is 0 Å². The summed E-state index contributed by atoms with van der Waals surface area (Å²) >= 11 is 0. The van der Waals surface area contributed by atoms with Crippen LogP contribution in [0.5, 0.6) is 0 Å². The molecule has 2 rings (SSSR count). The van der Waals surface area contributed by atoms with Crippen LogP contribution in [0.4, 0.5) is 0 Å². The SMILES string of the molecule is COCc1cccc(C2COCCN2)c1. The van der Waals surface area contributed by atoms with E-state index >= 15 is 0 Å². The second-order valence-electron chi connectivity index (χ2n) is 3.76. The second-order valence-corrected chi connectivity index (χ2v) is 3.76. The van der Waals surface area contributed by atoms with Crippen LogP contribution in [-0.2, 0) is 16.1 Å². The monoisotopic (exact) mass is 207 g/mol. The number of rotatable bonds is 3. The third kappa shape index (κ3) is 2.78. The van der Waals surface area contributed by atoms with Gasteiger partial charge in [-0.15, -0.1) is 0 Å². The van der Waals surface area contributed by atoms with Crippen LogP contribution < -0.4 is 5.32 Å². The summed E-state index contributed by atoms with van der Waals surface area (Å²) in [6.07, 6.45) is 0. The van der Waals surface area contributed by atoms with E-state index in [0.717, 1.165) is 19.8 Å². The molecular formula is C12H17NO2. The van der Waals surface area contributed by atoms with E-state index in [9.17, 15) is 0 Å². The van der Waals surface area contributed by atoms with Crippen molar-refractivity contribution >= 4 is 0 Å². The molecule has 1 N–H and O–H groups in total. The van der Waals surface area contributed by atoms with Crippen molar-refractivity contribution in [2.75, 3.05) is 26.9 Å². The molecule has 1 aliphatic rings. The highest BCUT2D eigenvalue weighted by atomic mass is 16.5. The Morgan fingerprint density at radius 3 is 3.20 bits per heavy atom. The number of benzene rings is 1. The molecule has 1 aromatic rings. The molecule has 1 heterocycles. The van der Waals surface area contributed by atoms with Crippen molar-refractivity contribution in [1.82, 2.24) is 5.32 Å². The molecule has 1 aliphatic heterocycles. The Balaban J connectivity index is 2.09. The van der Waals surface area contributed by atoms with Crippen LogP contribution in [-0.4, -0.2) is 26.9 Å². The number of methoxy groups -OCH3 is 1. The summed E-state index contributed by atoms with van der Waals surface area (Å²) in [7, 11) is 1.72. The lowest BCUT2D eigenvalue weighted by Crippen LogP contribution is -2.34. The van der Waals surface area contributed by atoms with Gasteiger partial charge in [0.05, 0.1) is 25.9 Å². The van der Waals surface area contributed by atoms with Gasteiger partial charge >= 0.3 is 0 Å².